The van der Waals surface area contributed by atoms with Crippen molar-refractivity contribution in [3.05, 3.63) is 36.3 Å². The predicted octanol–water partition coefficient (Wildman–Crippen LogP) is 1.33. The van der Waals surface area contributed by atoms with Gasteiger partial charge < -0.3 is 15.5 Å². The number of carbonyl (C=O) groups excluding carboxylic acids is 1. The number of amides is 1. The summed E-state index contributed by atoms with van der Waals surface area (Å²) in [4.78, 5) is 16.7. The highest BCUT2D eigenvalue weighted by atomic mass is 16.1. The van der Waals surface area contributed by atoms with Gasteiger partial charge in [-0.2, -0.15) is 0 Å². The molecule has 3 rings (SSSR count). The van der Waals surface area contributed by atoms with E-state index in [0.717, 1.165) is 30.6 Å². The molecule has 0 aliphatic heterocycles. The molecule has 0 unspecified atom stereocenters. The van der Waals surface area contributed by atoms with Crippen LogP contribution in [0.2, 0.25) is 0 Å². The lowest BCUT2D eigenvalue weighted by molar-refractivity contribution is -0.126. The van der Waals surface area contributed by atoms with Crippen LogP contribution in [0.25, 0.3) is 5.65 Å². The molecule has 2 aromatic rings. The molecule has 0 saturated heterocycles. The Morgan fingerprint density at radius 1 is 1.45 bits per heavy atom. The predicted molar refractivity (Wildman–Crippen MR) is 76.9 cm³/mol. The van der Waals surface area contributed by atoms with Gasteiger partial charge in [0.25, 0.3) is 0 Å². The number of aromatic nitrogens is 2. The van der Waals surface area contributed by atoms with Gasteiger partial charge in [-0.25, -0.2) is 4.98 Å². The van der Waals surface area contributed by atoms with Crippen LogP contribution in [0, 0.1) is 11.8 Å². The Bertz CT molecular complexity index is 574. The van der Waals surface area contributed by atoms with E-state index in [0.29, 0.717) is 19.0 Å². The Balaban J connectivity index is 1.62. The molecule has 0 aromatic carbocycles. The number of rotatable bonds is 4. The maximum atomic E-state index is 12.2. The first-order valence-electron chi connectivity index (χ1n) is 7.18. The van der Waals surface area contributed by atoms with Gasteiger partial charge in [-0.3, -0.25) is 4.79 Å². The van der Waals surface area contributed by atoms with E-state index in [4.69, 9.17) is 5.73 Å². The van der Waals surface area contributed by atoms with E-state index in [1.807, 2.05) is 35.0 Å². The zero-order valence-electron chi connectivity index (χ0n) is 11.5. The maximum absolute atomic E-state index is 12.2. The number of nitrogens with two attached hydrogens (primary N) is 1. The van der Waals surface area contributed by atoms with E-state index in [-0.39, 0.29) is 11.8 Å². The standard InChI is InChI=1S/C15H20N4O/c16-8-11-4-3-5-13(11)15(20)17-9-12-10-19-7-2-1-6-14(19)18-12/h1-2,6-7,10-11,13H,3-5,8-9,16H2,(H,17,20)/t11-,13-/m1/s1. The van der Waals surface area contributed by atoms with Crippen molar-refractivity contribution in [3.63, 3.8) is 0 Å². The van der Waals surface area contributed by atoms with E-state index in [1.54, 1.807) is 0 Å². The molecule has 5 nitrogen and oxygen atoms in total. The summed E-state index contributed by atoms with van der Waals surface area (Å²) in [5.74, 6) is 0.545. The minimum atomic E-state index is 0.0806. The molecule has 1 aliphatic carbocycles. The van der Waals surface area contributed by atoms with Gasteiger partial charge in [0.2, 0.25) is 5.91 Å². The zero-order chi connectivity index (χ0) is 13.9. The molecule has 5 heteroatoms. The fraction of sp³-hybridized carbons (Fsp3) is 0.467. The molecule has 1 saturated carbocycles. The third-order valence-electron chi connectivity index (χ3n) is 4.16. The molecule has 2 atom stereocenters. The van der Waals surface area contributed by atoms with Crippen LogP contribution in [-0.2, 0) is 11.3 Å². The molecule has 2 heterocycles. The molecule has 20 heavy (non-hydrogen) atoms. The van der Waals surface area contributed by atoms with Gasteiger partial charge in [0.1, 0.15) is 5.65 Å². The largest absolute Gasteiger partial charge is 0.350 e. The maximum Gasteiger partial charge on any atom is 0.223 e. The van der Waals surface area contributed by atoms with Crippen molar-refractivity contribution < 1.29 is 4.79 Å². The Hall–Kier alpha value is -1.88. The van der Waals surface area contributed by atoms with Crippen molar-refractivity contribution >= 4 is 11.6 Å². The lowest BCUT2D eigenvalue weighted by Crippen LogP contribution is -2.34. The number of hydrogen-bond donors (Lipinski definition) is 2. The fourth-order valence-corrected chi connectivity index (χ4v) is 3.05. The number of fused-ring (bicyclic) bond motifs is 1. The molecule has 0 radical (unpaired) electrons. The molecular formula is C15H20N4O. The SMILES string of the molecule is NC[C@H]1CCC[C@H]1C(=O)NCc1cn2ccccc2n1. The monoisotopic (exact) mass is 272 g/mol. The molecular weight excluding hydrogens is 252 g/mol. The lowest BCUT2D eigenvalue weighted by Gasteiger charge is -2.16. The molecule has 1 amide bonds. The van der Waals surface area contributed by atoms with Gasteiger partial charge >= 0.3 is 0 Å². The normalized spacial score (nSPS) is 22.2. The van der Waals surface area contributed by atoms with Crippen LogP contribution in [-0.4, -0.2) is 21.8 Å². The Morgan fingerprint density at radius 3 is 3.15 bits per heavy atom. The van der Waals surface area contributed by atoms with Crippen molar-refractivity contribution in [2.75, 3.05) is 6.54 Å². The minimum Gasteiger partial charge on any atom is -0.350 e. The van der Waals surface area contributed by atoms with Crippen molar-refractivity contribution in [2.24, 2.45) is 17.6 Å². The molecule has 1 aliphatic rings. The Labute approximate surface area is 118 Å². The molecule has 2 aromatic heterocycles. The van der Waals surface area contributed by atoms with Crippen LogP contribution < -0.4 is 11.1 Å². The number of carbonyl (C=O) groups is 1. The van der Waals surface area contributed by atoms with Crippen molar-refractivity contribution in [1.29, 1.82) is 0 Å². The second-order valence-corrected chi connectivity index (χ2v) is 5.45. The van der Waals surface area contributed by atoms with Gasteiger partial charge in [-0.1, -0.05) is 12.5 Å². The molecule has 3 N–H and O–H groups in total. The van der Waals surface area contributed by atoms with Crippen LogP contribution in [0.5, 0.6) is 0 Å². The summed E-state index contributed by atoms with van der Waals surface area (Å²) >= 11 is 0. The van der Waals surface area contributed by atoms with Gasteiger partial charge in [0.15, 0.2) is 0 Å². The van der Waals surface area contributed by atoms with Crippen molar-refractivity contribution in [3.8, 4) is 0 Å². The van der Waals surface area contributed by atoms with Gasteiger partial charge in [-0.15, -0.1) is 0 Å². The summed E-state index contributed by atoms with van der Waals surface area (Å²) in [6, 6.07) is 5.86. The summed E-state index contributed by atoms with van der Waals surface area (Å²) in [6.45, 7) is 1.08. The van der Waals surface area contributed by atoms with Crippen molar-refractivity contribution in [2.45, 2.75) is 25.8 Å². The summed E-state index contributed by atoms with van der Waals surface area (Å²) in [6.07, 6.45) is 7.04. The summed E-state index contributed by atoms with van der Waals surface area (Å²) in [5.41, 5.74) is 7.51. The van der Waals surface area contributed by atoms with E-state index in [2.05, 4.69) is 10.3 Å². The highest BCUT2D eigenvalue weighted by Gasteiger charge is 2.31. The van der Waals surface area contributed by atoms with E-state index < -0.39 is 0 Å². The Kier molecular flexibility index (Phi) is 3.69. The minimum absolute atomic E-state index is 0.0806. The first kappa shape index (κ1) is 13.1. The second kappa shape index (κ2) is 5.63. The van der Waals surface area contributed by atoms with Crippen LogP contribution >= 0.6 is 0 Å². The first-order chi connectivity index (χ1) is 9.78. The third-order valence-corrected chi connectivity index (χ3v) is 4.16. The quantitative estimate of drug-likeness (QED) is 0.882. The van der Waals surface area contributed by atoms with Crippen LogP contribution in [0.1, 0.15) is 25.0 Å². The summed E-state index contributed by atoms with van der Waals surface area (Å²) < 4.78 is 1.96. The average molecular weight is 272 g/mol. The van der Waals surface area contributed by atoms with Crippen LogP contribution in [0.3, 0.4) is 0 Å². The van der Waals surface area contributed by atoms with E-state index >= 15 is 0 Å². The second-order valence-electron chi connectivity index (χ2n) is 5.45. The van der Waals surface area contributed by atoms with Crippen LogP contribution in [0.15, 0.2) is 30.6 Å². The highest BCUT2D eigenvalue weighted by Crippen LogP contribution is 2.30. The number of hydrogen-bond acceptors (Lipinski definition) is 3. The van der Waals surface area contributed by atoms with E-state index in [1.165, 1.54) is 0 Å². The third kappa shape index (κ3) is 2.54. The zero-order valence-corrected chi connectivity index (χ0v) is 11.5. The highest BCUT2D eigenvalue weighted by molar-refractivity contribution is 5.79. The Morgan fingerprint density at radius 2 is 2.35 bits per heavy atom. The topological polar surface area (TPSA) is 72.4 Å². The van der Waals surface area contributed by atoms with Crippen molar-refractivity contribution in [1.82, 2.24) is 14.7 Å². The average Bonchev–Trinajstić information content (AvgIpc) is 3.10. The number of nitrogens with zero attached hydrogens (tertiary/aromatic N) is 2. The summed E-state index contributed by atoms with van der Waals surface area (Å²) in [7, 11) is 0. The summed E-state index contributed by atoms with van der Waals surface area (Å²) in [5, 5.41) is 3.00. The molecule has 1 fully saturated rings. The number of imidazole rings is 1. The first-order valence-corrected chi connectivity index (χ1v) is 7.18. The number of pyridine rings is 1. The molecule has 0 spiro atoms. The van der Waals surface area contributed by atoms with E-state index in [9.17, 15) is 4.79 Å². The number of nitrogens with one attached hydrogen (secondary N) is 1. The van der Waals surface area contributed by atoms with Gasteiger partial charge in [0, 0.05) is 18.3 Å². The van der Waals surface area contributed by atoms with Gasteiger partial charge in [0.05, 0.1) is 12.2 Å². The van der Waals surface area contributed by atoms with Crippen LogP contribution in [0.4, 0.5) is 0 Å². The lowest BCUT2D eigenvalue weighted by atomic mass is 9.95. The van der Waals surface area contributed by atoms with Gasteiger partial charge in [-0.05, 0) is 37.4 Å². The molecule has 106 valence electrons. The molecule has 0 bridgehead atoms. The smallest absolute Gasteiger partial charge is 0.223 e. The fourth-order valence-electron chi connectivity index (χ4n) is 3.05.